The summed E-state index contributed by atoms with van der Waals surface area (Å²) in [5.41, 5.74) is 1.82. The maximum absolute atomic E-state index is 14.1. The Morgan fingerprint density at radius 3 is 2.65 bits per heavy atom. The van der Waals surface area contributed by atoms with Crippen LogP contribution < -0.4 is 10.1 Å². The van der Waals surface area contributed by atoms with Gasteiger partial charge in [-0.15, -0.1) is 0 Å². The quantitative estimate of drug-likeness (QED) is 0.911. The molecular formula is C15H18FN3O. The summed E-state index contributed by atoms with van der Waals surface area (Å²) in [6.07, 6.45) is 3.10. The van der Waals surface area contributed by atoms with Crippen LogP contribution in [0.25, 0.3) is 11.3 Å². The second-order valence-electron chi connectivity index (χ2n) is 4.76. The first kappa shape index (κ1) is 14.4. The largest absolute Gasteiger partial charge is 0.479 e. The van der Waals surface area contributed by atoms with Crippen LogP contribution in [0.3, 0.4) is 0 Å². The Kier molecular flexibility index (Phi) is 4.63. The molecule has 1 N–H and O–H groups in total. The van der Waals surface area contributed by atoms with Crippen LogP contribution in [0.5, 0.6) is 5.88 Å². The predicted molar refractivity (Wildman–Crippen MR) is 76.0 cm³/mol. The number of methoxy groups -OCH3 is 1. The summed E-state index contributed by atoms with van der Waals surface area (Å²) in [6.45, 7) is 4.55. The fourth-order valence-electron chi connectivity index (χ4n) is 1.82. The lowest BCUT2D eigenvalue weighted by molar-refractivity contribution is 0.397. The van der Waals surface area contributed by atoms with Crippen molar-refractivity contribution in [3.63, 3.8) is 0 Å². The van der Waals surface area contributed by atoms with Gasteiger partial charge in [0.05, 0.1) is 7.11 Å². The van der Waals surface area contributed by atoms with E-state index in [1.54, 1.807) is 18.5 Å². The molecule has 0 fully saturated rings. The Labute approximate surface area is 118 Å². The number of hydrogen-bond donors (Lipinski definition) is 1. The Morgan fingerprint density at radius 2 is 2.00 bits per heavy atom. The van der Waals surface area contributed by atoms with Crippen LogP contribution in [-0.4, -0.2) is 23.1 Å². The van der Waals surface area contributed by atoms with Crippen molar-refractivity contribution in [3.8, 4) is 17.1 Å². The van der Waals surface area contributed by atoms with Gasteiger partial charge >= 0.3 is 0 Å². The number of rotatable bonds is 5. The van der Waals surface area contributed by atoms with Gasteiger partial charge in [0.1, 0.15) is 11.5 Å². The molecule has 0 radical (unpaired) electrons. The molecule has 4 nitrogen and oxygen atoms in total. The van der Waals surface area contributed by atoms with E-state index in [9.17, 15) is 4.39 Å². The third-order valence-corrected chi connectivity index (χ3v) is 2.89. The molecule has 0 saturated carbocycles. The molecule has 1 aromatic heterocycles. The molecule has 0 amide bonds. The van der Waals surface area contributed by atoms with E-state index in [2.05, 4.69) is 15.3 Å². The lowest BCUT2D eigenvalue weighted by Gasteiger charge is -2.10. The number of nitrogens with zero attached hydrogens (tertiary/aromatic N) is 2. The maximum atomic E-state index is 14.1. The highest BCUT2D eigenvalue weighted by molar-refractivity contribution is 5.64. The van der Waals surface area contributed by atoms with Crippen LogP contribution in [-0.2, 0) is 6.54 Å². The first-order chi connectivity index (χ1) is 9.61. The first-order valence-corrected chi connectivity index (χ1v) is 6.49. The van der Waals surface area contributed by atoms with Gasteiger partial charge < -0.3 is 10.1 Å². The fourth-order valence-corrected chi connectivity index (χ4v) is 1.82. The van der Waals surface area contributed by atoms with Crippen LogP contribution in [0.4, 0.5) is 4.39 Å². The SMILES string of the molecule is COc1nccnc1-c1ccc(CNC(C)C)c(F)c1. The van der Waals surface area contributed by atoms with Gasteiger partial charge in [-0.3, -0.25) is 0 Å². The summed E-state index contributed by atoms with van der Waals surface area (Å²) < 4.78 is 19.2. The molecule has 0 bridgehead atoms. The lowest BCUT2D eigenvalue weighted by Crippen LogP contribution is -2.22. The Bertz CT molecular complexity index is 587. The molecule has 1 heterocycles. The van der Waals surface area contributed by atoms with E-state index in [0.717, 1.165) is 0 Å². The summed E-state index contributed by atoms with van der Waals surface area (Å²) in [5.74, 6) is 0.128. The van der Waals surface area contributed by atoms with Crippen molar-refractivity contribution in [2.75, 3.05) is 7.11 Å². The number of ether oxygens (including phenoxy) is 1. The lowest BCUT2D eigenvalue weighted by atomic mass is 10.1. The molecule has 0 aliphatic heterocycles. The molecule has 1 aromatic carbocycles. The van der Waals surface area contributed by atoms with Crippen molar-refractivity contribution >= 4 is 0 Å². The Balaban J connectivity index is 2.28. The van der Waals surface area contributed by atoms with Gasteiger partial charge in [-0.05, 0) is 6.07 Å². The smallest absolute Gasteiger partial charge is 0.240 e. The Hall–Kier alpha value is -2.01. The van der Waals surface area contributed by atoms with Gasteiger partial charge in [0.2, 0.25) is 5.88 Å². The highest BCUT2D eigenvalue weighted by Crippen LogP contribution is 2.26. The molecule has 0 unspecified atom stereocenters. The molecule has 0 saturated heterocycles. The van der Waals surface area contributed by atoms with Crippen LogP contribution >= 0.6 is 0 Å². The highest BCUT2D eigenvalue weighted by Gasteiger charge is 2.11. The minimum atomic E-state index is -0.261. The topological polar surface area (TPSA) is 47.0 Å². The number of benzene rings is 1. The van der Waals surface area contributed by atoms with Gasteiger partial charge in [-0.25, -0.2) is 14.4 Å². The van der Waals surface area contributed by atoms with Crippen LogP contribution in [0.15, 0.2) is 30.6 Å². The average molecular weight is 275 g/mol. The van der Waals surface area contributed by atoms with E-state index in [1.807, 2.05) is 19.9 Å². The van der Waals surface area contributed by atoms with Gasteiger partial charge in [0.15, 0.2) is 0 Å². The van der Waals surface area contributed by atoms with E-state index in [1.165, 1.54) is 13.2 Å². The molecular weight excluding hydrogens is 257 g/mol. The Morgan fingerprint density at radius 1 is 1.25 bits per heavy atom. The molecule has 0 aliphatic carbocycles. The summed E-state index contributed by atoms with van der Waals surface area (Å²) in [6, 6.07) is 5.36. The second-order valence-corrected chi connectivity index (χ2v) is 4.76. The van der Waals surface area contributed by atoms with Crippen LogP contribution in [0, 0.1) is 5.82 Å². The highest BCUT2D eigenvalue weighted by atomic mass is 19.1. The van der Waals surface area contributed by atoms with E-state index in [4.69, 9.17) is 4.74 Å². The molecule has 0 spiro atoms. The van der Waals surface area contributed by atoms with E-state index in [-0.39, 0.29) is 5.82 Å². The van der Waals surface area contributed by atoms with Crippen LogP contribution in [0.2, 0.25) is 0 Å². The summed E-state index contributed by atoms with van der Waals surface area (Å²) in [5, 5.41) is 3.19. The minimum absolute atomic E-state index is 0.261. The van der Waals surface area contributed by atoms with Crippen molar-refractivity contribution in [1.82, 2.24) is 15.3 Å². The molecule has 2 aromatic rings. The molecule has 106 valence electrons. The van der Waals surface area contributed by atoms with Gasteiger partial charge in [0, 0.05) is 36.1 Å². The van der Waals surface area contributed by atoms with Crippen molar-refractivity contribution in [1.29, 1.82) is 0 Å². The summed E-state index contributed by atoms with van der Waals surface area (Å²) >= 11 is 0. The molecule has 20 heavy (non-hydrogen) atoms. The zero-order valence-corrected chi connectivity index (χ0v) is 11.9. The predicted octanol–water partition coefficient (Wildman–Crippen LogP) is 2.79. The summed E-state index contributed by atoms with van der Waals surface area (Å²) in [7, 11) is 1.52. The second kappa shape index (κ2) is 6.43. The molecule has 2 rings (SSSR count). The van der Waals surface area contributed by atoms with E-state index < -0.39 is 0 Å². The standard InChI is InChI=1S/C15H18FN3O/c1-10(2)19-9-12-5-4-11(8-13(12)16)14-15(20-3)18-7-6-17-14/h4-8,10,19H,9H2,1-3H3. The normalized spacial score (nSPS) is 10.8. The monoisotopic (exact) mass is 275 g/mol. The number of nitrogens with one attached hydrogen (secondary N) is 1. The van der Waals surface area contributed by atoms with Gasteiger partial charge in [-0.2, -0.15) is 0 Å². The van der Waals surface area contributed by atoms with E-state index in [0.29, 0.717) is 35.3 Å². The van der Waals surface area contributed by atoms with Gasteiger partial charge in [0.25, 0.3) is 0 Å². The third-order valence-electron chi connectivity index (χ3n) is 2.89. The third kappa shape index (κ3) is 3.30. The van der Waals surface area contributed by atoms with Gasteiger partial charge in [-0.1, -0.05) is 26.0 Å². The van der Waals surface area contributed by atoms with Crippen molar-refractivity contribution in [2.45, 2.75) is 26.4 Å². The molecule has 0 atom stereocenters. The number of hydrogen-bond acceptors (Lipinski definition) is 4. The zero-order valence-electron chi connectivity index (χ0n) is 11.9. The average Bonchev–Trinajstić information content (AvgIpc) is 2.45. The van der Waals surface area contributed by atoms with Crippen molar-refractivity contribution in [2.24, 2.45) is 0 Å². The maximum Gasteiger partial charge on any atom is 0.240 e. The summed E-state index contributed by atoms with van der Waals surface area (Å²) in [4.78, 5) is 8.26. The van der Waals surface area contributed by atoms with Crippen molar-refractivity contribution < 1.29 is 9.13 Å². The van der Waals surface area contributed by atoms with Crippen LogP contribution in [0.1, 0.15) is 19.4 Å². The molecule has 5 heteroatoms. The number of halogens is 1. The molecule has 0 aliphatic rings. The van der Waals surface area contributed by atoms with Crippen molar-refractivity contribution in [3.05, 3.63) is 42.0 Å². The first-order valence-electron chi connectivity index (χ1n) is 6.49. The van der Waals surface area contributed by atoms with E-state index >= 15 is 0 Å². The zero-order chi connectivity index (χ0) is 14.5. The number of aromatic nitrogens is 2. The minimum Gasteiger partial charge on any atom is -0.479 e. The fraction of sp³-hybridized carbons (Fsp3) is 0.333.